The van der Waals surface area contributed by atoms with Crippen LogP contribution in [0.25, 0.3) is 5.57 Å². The Morgan fingerprint density at radius 1 is 0.929 bits per heavy atom. The van der Waals surface area contributed by atoms with Crippen molar-refractivity contribution < 1.29 is 9.53 Å². The number of methoxy groups -OCH3 is 1. The Morgan fingerprint density at radius 3 is 2.14 bits per heavy atom. The summed E-state index contributed by atoms with van der Waals surface area (Å²) in [6.45, 7) is 4.48. The SMILES string of the molecule is C=C(c1ccc(OC)cc1)[C@]1(c2ccccc2)C(=O)CC[C@@H]1c1ccccc1. The van der Waals surface area contributed by atoms with Gasteiger partial charge in [-0.05, 0) is 40.8 Å². The van der Waals surface area contributed by atoms with E-state index >= 15 is 0 Å². The second-order valence-corrected chi connectivity index (χ2v) is 7.31. The summed E-state index contributed by atoms with van der Waals surface area (Å²) < 4.78 is 5.30. The Labute approximate surface area is 166 Å². The van der Waals surface area contributed by atoms with Crippen LogP contribution in [-0.4, -0.2) is 12.9 Å². The standard InChI is InChI=1S/C26H24O2/c1-19(20-13-15-23(28-2)16-14-20)26(22-11-7-4-8-12-22)24(17-18-25(26)27)21-9-5-3-6-10-21/h3-16,24H,1,17-18H2,2H3/t24-,26-/m1/s1. The fourth-order valence-electron chi connectivity index (χ4n) is 4.62. The fourth-order valence-corrected chi connectivity index (χ4v) is 4.62. The highest BCUT2D eigenvalue weighted by atomic mass is 16.5. The summed E-state index contributed by atoms with van der Waals surface area (Å²) in [5.41, 5.74) is 3.29. The maximum Gasteiger partial charge on any atom is 0.148 e. The van der Waals surface area contributed by atoms with Gasteiger partial charge in [-0.2, -0.15) is 0 Å². The molecule has 140 valence electrons. The highest BCUT2D eigenvalue weighted by molar-refractivity contribution is 6.06. The molecule has 1 saturated carbocycles. The van der Waals surface area contributed by atoms with Gasteiger partial charge >= 0.3 is 0 Å². The van der Waals surface area contributed by atoms with E-state index in [-0.39, 0.29) is 11.7 Å². The molecule has 0 unspecified atom stereocenters. The maximum atomic E-state index is 13.5. The summed E-state index contributed by atoms with van der Waals surface area (Å²) in [7, 11) is 1.65. The molecule has 2 nitrogen and oxygen atoms in total. The van der Waals surface area contributed by atoms with E-state index in [9.17, 15) is 4.79 Å². The molecule has 0 radical (unpaired) electrons. The molecular weight excluding hydrogens is 344 g/mol. The van der Waals surface area contributed by atoms with Gasteiger partial charge in [-0.1, -0.05) is 79.4 Å². The van der Waals surface area contributed by atoms with Gasteiger partial charge in [0.2, 0.25) is 0 Å². The van der Waals surface area contributed by atoms with Gasteiger partial charge in [0.25, 0.3) is 0 Å². The smallest absolute Gasteiger partial charge is 0.148 e. The number of ketones is 1. The molecule has 28 heavy (non-hydrogen) atoms. The summed E-state index contributed by atoms with van der Waals surface area (Å²) in [6, 6.07) is 28.3. The minimum Gasteiger partial charge on any atom is -0.497 e. The molecule has 1 aliphatic rings. The molecule has 1 fully saturated rings. The number of ether oxygens (including phenoxy) is 1. The van der Waals surface area contributed by atoms with Gasteiger partial charge in [0.1, 0.15) is 11.5 Å². The Kier molecular flexibility index (Phi) is 4.87. The maximum absolute atomic E-state index is 13.5. The zero-order valence-electron chi connectivity index (χ0n) is 16.1. The van der Waals surface area contributed by atoms with Crippen molar-refractivity contribution in [3.05, 3.63) is 108 Å². The first-order valence-corrected chi connectivity index (χ1v) is 9.65. The van der Waals surface area contributed by atoms with Gasteiger partial charge in [-0.3, -0.25) is 4.79 Å². The van der Waals surface area contributed by atoms with E-state index in [4.69, 9.17) is 4.74 Å². The first-order chi connectivity index (χ1) is 13.7. The molecule has 3 aromatic carbocycles. The van der Waals surface area contributed by atoms with Crippen molar-refractivity contribution in [2.75, 3.05) is 7.11 Å². The first kappa shape index (κ1) is 18.2. The number of Topliss-reactive ketones (excluding diaryl/α,β-unsaturated/α-hetero) is 1. The van der Waals surface area contributed by atoms with Gasteiger partial charge in [0.05, 0.1) is 12.5 Å². The molecule has 0 N–H and O–H groups in total. The number of benzene rings is 3. The lowest BCUT2D eigenvalue weighted by Crippen LogP contribution is -2.37. The molecule has 2 heteroatoms. The second-order valence-electron chi connectivity index (χ2n) is 7.31. The molecule has 0 heterocycles. The monoisotopic (exact) mass is 368 g/mol. The molecule has 0 saturated heterocycles. The highest BCUT2D eigenvalue weighted by Crippen LogP contribution is 2.55. The summed E-state index contributed by atoms with van der Waals surface area (Å²) in [5, 5.41) is 0. The molecule has 0 spiro atoms. The highest BCUT2D eigenvalue weighted by Gasteiger charge is 2.53. The van der Waals surface area contributed by atoms with Gasteiger partial charge in [0, 0.05) is 12.3 Å². The van der Waals surface area contributed by atoms with Crippen LogP contribution in [0.5, 0.6) is 5.75 Å². The van der Waals surface area contributed by atoms with Crippen LogP contribution in [0.3, 0.4) is 0 Å². The summed E-state index contributed by atoms with van der Waals surface area (Å²) in [6.07, 6.45) is 1.39. The zero-order chi connectivity index (χ0) is 19.6. The lowest BCUT2D eigenvalue weighted by Gasteiger charge is -2.37. The van der Waals surface area contributed by atoms with Crippen LogP contribution in [0.2, 0.25) is 0 Å². The van der Waals surface area contributed by atoms with Gasteiger partial charge < -0.3 is 4.74 Å². The lowest BCUT2D eigenvalue weighted by molar-refractivity contribution is -0.120. The third kappa shape index (κ3) is 2.86. The molecule has 0 aliphatic heterocycles. The van der Waals surface area contributed by atoms with Crippen molar-refractivity contribution in [1.29, 1.82) is 0 Å². The molecule has 4 rings (SSSR count). The summed E-state index contributed by atoms with van der Waals surface area (Å²) in [5.74, 6) is 1.11. The Hall–Kier alpha value is -3.13. The van der Waals surface area contributed by atoms with E-state index in [1.165, 1.54) is 5.56 Å². The van der Waals surface area contributed by atoms with Gasteiger partial charge in [-0.25, -0.2) is 0 Å². The van der Waals surface area contributed by atoms with Crippen LogP contribution in [-0.2, 0) is 10.2 Å². The van der Waals surface area contributed by atoms with Crippen molar-refractivity contribution in [3.8, 4) is 5.75 Å². The Bertz CT molecular complexity index is 974. The topological polar surface area (TPSA) is 26.3 Å². The summed E-state index contributed by atoms with van der Waals surface area (Å²) in [4.78, 5) is 13.5. The Balaban J connectivity index is 1.91. The summed E-state index contributed by atoms with van der Waals surface area (Å²) >= 11 is 0. The third-order valence-electron chi connectivity index (χ3n) is 5.97. The van der Waals surface area contributed by atoms with Crippen LogP contribution in [0.1, 0.15) is 35.4 Å². The van der Waals surface area contributed by atoms with Crippen LogP contribution < -0.4 is 4.74 Å². The molecule has 1 aliphatic carbocycles. The average molecular weight is 368 g/mol. The zero-order valence-corrected chi connectivity index (χ0v) is 16.1. The van der Waals surface area contributed by atoms with E-state index in [2.05, 4.69) is 30.8 Å². The third-order valence-corrected chi connectivity index (χ3v) is 5.97. The predicted molar refractivity (Wildman–Crippen MR) is 114 cm³/mol. The molecule has 3 aromatic rings. The van der Waals surface area contributed by atoms with E-state index < -0.39 is 5.41 Å². The minimum atomic E-state index is -0.753. The van der Waals surface area contributed by atoms with Crippen LogP contribution >= 0.6 is 0 Å². The average Bonchev–Trinajstić information content (AvgIpc) is 3.12. The number of carbonyl (C=O) groups excluding carboxylic acids is 1. The lowest BCUT2D eigenvalue weighted by atomic mass is 9.63. The fraction of sp³-hybridized carbons (Fsp3) is 0.192. The predicted octanol–water partition coefficient (Wildman–Crippen LogP) is 5.79. The number of carbonyl (C=O) groups is 1. The van der Waals surface area contributed by atoms with Crippen molar-refractivity contribution in [1.82, 2.24) is 0 Å². The minimum absolute atomic E-state index is 0.0678. The van der Waals surface area contributed by atoms with E-state index in [1.807, 2.05) is 60.7 Å². The molecule has 2 atom stereocenters. The molecule has 0 bridgehead atoms. The number of hydrogen-bond acceptors (Lipinski definition) is 2. The van der Waals surface area contributed by atoms with Crippen molar-refractivity contribution >= 4 is 11.4 Å². The number of hydrogen-bond donors (Lipinski definition) is 0. The van der Waals surface area contributed by atoms with E-state index in [0.717, 1.165) is 28.9 Å². The largest absolute Gasteiger partial charge is 0.497 e. The second kappa shape index (κ2) is 7.47. The molecule has 0 aromatic heterocycles. The quantitative estimate of drug-likeness (QED) is 0.569. The Morgan fingerprint density at radius 2 is 1.54 bits per heavy atom. The van der Waals surface area contributed by atoms with Crippen molar-refractivity contribution in [2.24, 2.45) is 0 Å². The number of allylic oxidation sites excluding steroid dienone is 1. The van der Waals surface area contributed by atoms with Gasteiger partial charge in [0.15, 0.2) is 0 Å². The van der Waals surface area contributed by atoms with Crippen LogP contribution in [0.15, 0.2) is 91.5 Å². The van der Waals surface area contributed by atoms with Crippen molar-refractivity contribution in [2.45, 2.75) is 24.2 Å². The van der Waals surface area contributed by atoms with Crippen LogP contribution in [0.4, 0.5) is 0 Å². The first-order valence-electron chi connectivity index (χ1n) is 9.65. The molecular formula is C26H24O2. The van der Waals surface area contributed by atoms with E-state index in [1.54, 1.807) is 7.11 Å². The van der Waals surface area contributed by atoms with E-state index in [0.29, 0.717) is 6.42 Å². The van der Waals surface area contributed by atoms with Crippen molar-refractivity contribution in [3.63, 3.8) is 0 Å². The van der Waals surface area contributed by atoms with Gasteiger partial charge in [-0.15, -0.1) is 0 Å². The molecule has 0 amide bonds. The number of rotatable bonds is 5. The normalized spacial score (nSPS) is 21.5. The van der Waals surface area contributed by atoms with Crippen LogP contribution in [0, 0.1) is 0 Å².